The Labute approximate surface area is 175 Å². The van der Waals surface area contributed by atoms with Gasteiger partial charge < -0.3 is 5.32 Å². The van der Waals surface area contributed by atoms with Gasteiger partial charge in [0.25, 0.3) is 0 Å². The molecule has 7 nitrogen and oxygen atoms in total. The van der Waals surface area contributed by atoms with Crippen LogP contribution in [0.25, 0.3) is 11.3 Å². The molecule has 30 heavy (non-hydrogen) atoms. The summed E-state index contributed by atoms with van der Waals surface area (Å²) in [6, 6.07) is 13.0. The van der Waals surface area contributed by atoms with E-state index in [0.717, 1.165) is 5.56 Å². The number of fused-ring (bicyclic) bond motifs is 1. The zero-order chi connectivity index (χ0) is 21.1. The molecule has 0 unspecified atom stereocenters. The molecule has 0 bridgehead atoms. The Morgan fingerprint density at radius 1 is 1.10 bits per heavy atom. The van der Waals surface area contributed by atoms with Crippen molar-refractivity contribution in [1.82, 2.24) is 24.5 Å². The van der Waals surface area contributed by atoms with Crippen LogP contribution in [0.5, 0.6) is 0 Å². The van der Waals surface area contributed by atoms with Gasteiger partial charge in [-0.2, -0.15) is 0 Å². The molecule has 0 aliphatic heterocycles. The average Bonchev–Trinajstić information content (AvgIpc) is 3.16. The van der Waals surface area contributed by atoms with Crippen molar-refractivity contribution in [3.8, 4) is 5.69 Å². The second-order valence-electron chi connectivity index (χ2n) is 6.63. The molecule has 2 heterocycles. The molecule has 152 valence electrons. The fraction of sp³-hybridized carbons (Fsp3) is 0.143. The summed E-state index contributed by atoms with van der Waals surface area (Å²) in [5.41, 5.74) is 0.905. The zero-order valence-electron chi connectivity index (χ0n) is 15.8. The predicted molar refractivity (Wildman–Crippen MR) is 110 cm³/mol. The maximum absolute atomic E-state index is 13.5. The van der Waals surface area contributed by atoms with Gasteiger partial charge in [0.15, 0.2) is 0 Å². The monoisotopic (exact) mass is 425 g/mol. The van der Waals surface area contributed by atoms with Gasteiger partial charge in [-0.25, -0.2) is 4.39 Å². The second kappa shape index (κ2) is 8.46. The van der Waals surface area contributed by atoms with Crippen LogP contribution in [0.15, 0.2) is 65.7 Å². The SMILES string of the molecule is O=C(CCc1nnc2c(=O)n(-c3cccc(F)c3)ccn12)NCc1ccccc1Cl. The Kier molecular flexibility index (Phi) is 5.58. The number of halogens is 2. The smallest absolute Gasteiger partial charge is 0.300 e. The van der Waals surface area contributed by atoms with Gasteiger partial charge in [0.05, 0.1) is 5.69 Å². The van der Waals surface area contributed by atoms with Gasteiger partial charge >= 0.3 is 5.56 Å². The Morgan fingerprint density at radius 2 is 1.93 bits per heavy atom. The number of aryl methyl sites for hydroxylation is 1. The summed E-state index contributed by atoms with van der Waals surface area (Å²) in [6.07, 6.45) is 3.63. The van der Waals surface area contributed by atoms with Gasteiger partial charge in [-0.1, -0.05) is 35.9 Å². The number of aromatic nitrogens is 4. The molecule has 0 spiro atoms. The van der Waals surface area contributed by atoms with Gasteiger partial charge in [-0.15, -0.1) is 10.2 Å². The summed E-state index contributed by atoms with van der Waals surface area (Å²) in [6.45, 7) is 0.331. The summed E-state index contributed by atoms with van der Waals surface area (Å²) in [5, 5.41) is 11.4. The summed E-state index contributed by atoms with van der Waals surface area (Å²) < 4.78 is 16.3. The number of rotatable bonds is 6. The minimum Gasteiger partial charge on any atom is -0.352 e. The van der Waals surface area contributed by atoms with Gasteiger partial charge in [0, 0.05) is 36.8 Å². The molecular weight excluding hydrogens is 409 g/mol. The van der Waals surface area contributed by atoms with E-state index in [1.165, 1.54) is 29.0 Å². The zero-order valence-corrected chi connectivity index (χ0v) is 16.5. The molecule has 0 saturated carbocycles. The molecule has 1 N–H and O–H groups in total. The third kappa shape index (κ3) is 4.08. The third-order valence-electron chi connectivity index (χ3n) is 4.64. The molecule has 0 fully saturated rings. The van der Waals surface area contributed by atoms with Gasteiger partial charge in [-0.05, 0) is 29.8 Å². The van der Waals surface area contributed by atoms with E-state index in [1.807, 2.05) is 18.2 Å². The number of amides is 1. The van der Waals surface area contributed by atoms with E-state index in [9.17, 15) is 14.0 Å². The van der Waals surface area contributed by atoms with E-state index in [-0.39, 0.29) is 18.0 Å². The van der Waals surface area contributed by atoms with Crippen molar-refractivity contribution in [1.29, 1.82) is 0 Å². The van der Waals surface area contributed by atoms with E-state index in [4.69, 9.17) is 11.6 Å². The van der Waals surface area contributed by atoms with Gasteiger partial charge in [0.2, 0.25) is 11.6 Å². The van der Waals surface area contributed by atoms with E-state index in [1.54, 1.807) is 22.7 Å². The molecule has 2 aromatic carbocycles. The maximum Gasteiger partial charge on any atom is 0.300 e. The quantitative estimate of drug-likeness (QED) is 0.515. The highest BCUT2D eigenvalue weighted by atomic mass is 35.5. The first kappa shape index (κ1) is 19.8. The molecule has 4 aromatic rings. The number of carbonyl (C=O) groups excluding carboxylic acids is 1. The van der Waals surface area contributed by atoms with E-state index >= 15 is 0 Å². The molecule has 0 aliphatic rings. The Hall–Kier alpha value is -3.52. The molecule has 0 aliphatic carbocycles. The van der Waals surface area contributed by atoms with Crippen LogP contribution in [0.3, 0.4) is 0 Å². The highest BCUT2D eigenvalue weighted by Gasteiger charge is 2.13. The number of benzene rings is 2. The average molecular weight is 426 g/mol. The van der Waals surface area contributed by atoms with Crippen LogP contribution in [0.1, 0.15) is 17.8 Å². The molecule has 9 heteroatoms. The number of nitrogens with one attached hydrogen (secondary N) is 1. The van der Waals surface area contributed by atoms with Gasteiger partial charge in [0.1, 0.15) is 11.6 Å². The molecule has 0 atom stereocenters. The van der Waals surface area contributed by atoms with Crippen LogP contribution < -0.4 is 10.9 Å². The highest BCUT2D eigenvalue weighted by molar-refractivity contribution is 6.31. The molecule has 4 rings (SSSR count). The summed E-state index contributed by atoms with van der Waals surface area (Å²) in [4.78, 5) is 24.9. The van der Waals surface area contributed by atoms with Crippen molar-refractivity contribution in [3.05, 3.63) is 93.5 Å². The first-order chi connectivity index (χ1) is 14.5. The molecule has 2 aromatic heterocycles. The van der Waals surface area contributed by atoms with Crippen molar-refractivity contribution >= 4 is 23.2 Å². The van der Waals surface area contributed by atoms with E-state index < -0.39 is 11.4 Å². The van der Waals surface area contributed by atoms with Crippen molar-refractivity contribution in [2.45, 2.75) is 19.4 Å². The molecule has 0 saturated heterocycles. The number of carbonyl (C=O) groups is 1. The lowest BCUT2D eigenvalue weighted by atomic mass is 10.2. The van der Waals surface area contributed by atoms with Crippen molar-refractivity contribution < 1.29 is 9.18 Å². The van der Waals surface area contributed by atoms with Crippen LogP contribution in [0, 0.1) is 5.82 Å². The second-order valence-corrected chi connectivity index (χ2v) is 7.04. The van der Waals surface area contributed by atoms with Crippen LogP contribution in [-0.2, 0) is 17.8 Å². The lowest BCUT2D eigenvalue weighted by Gasteiger charge is -2.07. The number of hydrogen-bond donors (Lipinski definition) is 1. The molecular formula is C21H17ClFN5O2. The standard InChI is InChI=1S/C21H17ClFN5O2/c22-17-7-2-1-4-14(17)13-24-19(29)9-8-18-25-26-20-21(30)27(10-11-28(18)20)16-6-3-5-15(23)12-16/h1-7,10-12H,8-9,13H2,(H,24,29). The van der Waals surface area contributed by atoms with Crippen molar-refractivity contribution in [3.63, 3.8) is 0 Å². The van der Waals surface area contributed by atoms with E-state index in [0.29, 0.717) is 29.5 Å². The van der Waals surface area contributed by atoms with Crippen molar-refractivity contribution in [2.24, 2.45) is 0 Å². The topological polar surface area (TPSA) is 81.3 Å². The number of hydrogen-bond acceptors (Lipinski definition) is 4. The van der Waals surface area contributed by atoms with Crippen LogP contribution in [0.4, 0.5) is 4.39 Å². The van der Waals surface area contributed by atoms with Crippen molar-refractivity contribution in [2.75, 3.05) is 0 Å². The maximum atomic E-state index is 13.5. The minimum absolute atomic E-state index is 0.105. The van der Waals surface area contributed by atoms with Gasteiger partial charge in [-0.3, -0.25) is 18.6 Å². The summed E-state index contributed by atoms with van der Waals surface area (Å²) in [7, 11) is 0. The summed E-state index contributed by atoms with van der Waals surface area (Å²) >= 11 is 6.09. The first-order valence-corrected chi connectivity index (χ1v) is 9.62. The number of nitrogens with zero attached hydrogens (tertiary/aromatic N) is 4. The van der Waals surface area contributed by atoms with E-state index in [2.05, 4.69) is 15.5 Å². The predicted octanol–water partition coefficient (Wildman–Crippen LogP) is 2.92. The highest BCUT2D eigenvalue weighted by Crippen LogP contribution is 2.14. The minimum atomic E-state index is -0.441. The Morgan fingerprint density at radius 3 is 2.73 bits per heavy atom. The first-order valence-electron chi connectivity index (χ1n) is 9.24. The van der Waals surface area contributed by atoms with Crippen LogP contribution >= 0.6 is 11.6 Å². The van der Waals surface area contributed by atoms with Crippen LogP contribution in [0.2, 0.25) is 5.02 Å². The fourth-order valence-corrected chi connectivity index (χ4v) is 3.29. The summed E-state index contributed by atoms with van der Waals surface area (Å²) in [5.74, 6) is -0.120. The Bertz CT molecular complexity index is 1280. The fourth-order valence-electron chi connectivity index (χ4n) is 3.08. The molecule has 1 amide bonds. The normalized spacial score (nSPS) is 11.0. The lowest BCUT2D eigenvalue weighted by Crippen LogP contribution is -2.23. The Balaban J connectivity index is 1.46. The largest absolute Gasteiger partial charge is 0.352 e. The molecule has 0 radical (unpaired) electrons. The van der Waals surface area contributed by atoms with Crippen LogP contribution in [-0.4, -0.2) is 25.1 Å². The lowest BCUT2D eigenvalue weighted by molar-refractivity contribution is -0.121. The third-order valence-corrected chi connectivity index (χ3v) is 5.01.